The largest absolute Gasteiger partial charge is 0.486 e. The highest BCUT2D eigenvalue weighted by Gasteiger charge is 2.24. The van der Waals surface area contributed by atoms with Crippen molar-refractivity contribution in [2.24, 2.45) is 0 Å². The maximum absolute atomic E-state index is 12.7. The number of likely N-dealkylation sites (N-methyl/N-ethyl adjacent to an activating group) is 1. The minimum absolute atomic E-state index is 0.0395. The molecule has 1 atom stereocenters. The Kier molecular flexibility index (Phi) is 5.47. The summed E-state index contributed by atoms with van der Waals surface area (Å²) in [7, 11) is 1.69. The minimum atomic E-state index is -0.325. The summed E-state index contributed by atoms with van der Waals surface area (Å²) in [4.78, 5) is 38.1. The van der Waals surface area contributed by atoms with E-state index in [4.69, 9.17) is 9.47 Å². The Hall–Kier alpha value is -3.68. The van der Waals surface area contributed by atoms with Gasteiger partial charge in [-0.1, -0.05) is 12.1 Å². The van der Waals surface area contributed by atoms with Crippen LogP contribution in [0.25, 0.3) is 11.4 Å². The highest BCUT2D eigenvalue weighted by molar-refractivity contribution is 5.78. The van der Waals surface area contributed by atoms with E-state index in [2.05, 4.69) is 15.0 Å². The number of hydrogen-bond acceptors (Lipinski definition) is 6. The molecule has 0 saturated heterocycles. The van der Waals surface area contributed by atoms with Crippen molar-refractivity contribution in [1.29, 1.82) is 0 Å². The molecule has 4 rings (SSSR count). The first-order valence-corrected chi connectivity index (χ1v) is 9.64. The molecule has 1 aliphatic heterocycles. The van der Waals surface area contributed by atoms with Gasteiger partial charge in [-0.2, -0.15) is 0 Å². The molecule has 0 saturated carbocycles. The minimum Gasteiger partial charge on any atom is -0.486 e. The van der Waals surface area contributed by atoms with Crippen molar-refractivity contribution < 1.29 is 14.3 Å². The summed E-state index contributed by atoms with van der Waals surface area (Å²) in [5.74, 6) is 1.60. The lowest BCUT2D eigenvalue weighted by molar-refractivity contribution is -0.130. The summed E-state index contributed by atoms with van der Waals surface area (Å²) >= 11 is 0. The van der Waals surface area contributed by atoms with Gasteiger partial charge in [-0.05, 0) is 31.2 Å². The molecule has 2 aromatic heterocycles. The number of carbonyl (C=O) groups excluding carboxylic acids is 1. The second-order valence-electron chi connectivity index (χ2n) is 7.17. The van der Waals surface area contributed by atoms with Gasteiger partial charge in [-0.3, -0.25) is 14.6 Å². The lowest BCUT2D eigenvalue weighted by Crippen LogP contribution is -2.42. The molecule has 1 amide bonds. The van der Waals surface area contributed by atoms with E-state index in [1.165, 1.54) is 0 Å². The van der Waals surface area contributed by atoms with Crippen molar-refractivity contribution in [2.45, 2.75) is 19.4 Å². The normalized spacial score (nSPS) is 14.9. The van der Waals surface area contributed by atoms with E-state index in [0.717, 1.165) is 0 Å². The van der Waals surface area contributed by atoms with Crippen LogP contribution in [0.3, 0.4) is 0 Å². The van der Waals surface area contributed by atoms with E-state index in [1.54, 1.807) is 37.3 Å². The topological polar surface area (TPSA) is 97.4 Å². The van der Waals surface area contributed by atoms with Crippen LogP contribution in [0.2, 0.25) is 0 Å². The van der Waals surface area contributed by atoms with Crippen molar-refractivity contribution in [3.63, 3.8) is 0 Å². The fraction of sp³-hybridized carbons (Fsp3) is 0.273. The Morgan fingerprint density at radius 3 is 2.77 bits per heavy atom. The summed E-state index contributed by atoms with van der Waals surface area (Å²) in [6.07, 6.45) is 2.96. The maximum atomic E-state index is 12.7. The van der Waals surface area contributed by atoms with Crippen LogP contribution in [-0.2, 0) is 11.2 Å². The van der Waals surface area contributed by atoms with Crippen LogP contribution < -0.4 is 15.0 Å². The predicted octanol–water partition coefficient (Wildman–Crippen LogP) is 1.98. The Morgan fingerprint density at radius 2 is 2.03 bits per heavy atom. The lowest BCUT2D eigenvalue weighted by Gasteiger charge is -2.29. The summed E-state index contributed by atoms with van der Waals surface area (Å²) in [6.45, 7) is 2.44. The number of amides is 1. The van der Waals surface area contributed by atoms with Crippen molar-refractivity contribution in [1.82, 2.24) is 19.9 Å². The van der Waals surface area contributed by atoms with Gasteiger partial charge in [0.15, 0.2) is 17.6 Å². The Bertz CT molecular complexity index is 1110. The summed E-state index contributed by atoms with van der Waals surface area (Å²) in [5.41, 5.74) is 1.26. The SMILES string of the molecule is Cc1nc(-c2cccnc2)[nH]c(=O)c1CC(=O)N(C)CC1COc2ccccc2O1. The molecule has 1 aliphatic rings. The fourth-order valence-electron chi connectivity index (χ4n) is 3.30. The zero-order valence-electron chi connectivity index (χ0n) is 16.8. The van der Waals surface area contributed by atoms with E-state index in [-0.39, 0.29) is 24.0 Å². The second kappa shape index (κ2) is 8.36. The molecule has 1 N–H and O–H groups in total. The van der Waals surface area contributed by atoms with Gasteiger partial charge in [0.05, 0.1) is 13.0 Å². The molecule has 3 aromatic rings. The van der Waals surface area contributed by atoms with Gasteiger partial charge in [-0.25, -0.2) is 4.98 Å². The number of fused-ring (bicyclic) bond motifs is 1. The third-order valence-corrected chi connectivity index (χ3v) is 4.96. The number of carbonyl (C=O) groups is 1. The van der Waals surface area contributed by atoms with Crippen LogP contribution in [-0.4, -0.2) is 52.1 Å². The third kappa shape index (κ3) is 4.17. The molecule has 0 fully saturated rings. The van der Waals surface area contributed by atoms with E-state index in [1.807, 2.05) is 30.3 Å². The van der Waals surface area contributed by atoms with Crippen LogP contribution in [0.1, 0.15) is 11.3 Å². The fourth-order valence-corrected chi connectivity index (χ4v) is 3.30. The molecule has 8 heteroatoms. The number of rotatable bonds is 5. The van der Waals surface area contributed by atoms with E-state index >= 15 is 0 Å². The highest BCUT2D eigenvalue weighted by Crippen LogP contribution is 2.31. The molecular formula is C22H22N4O4. The van der Waals surface area contributed by atoms with Crippen LogP contribution in [0.5, 0.6) is 11.5 Å². The smallest absolute Gasteiger partial charge is 0.255 e. The monoisotopic (exact) mass is 406 g/mol. The van der Waals surface area contributed by atoms with Crippen LogP contribution in [0.15, 0.2) is 53.6 Å². The third-order valence-electron chi connectivity index (χ3n) is 4.96. The number of aromatic nitrogens is 3. The van der Waals surface area contributed by atoms with Crippen molar-refractivity contribution in [3.05, 3.63) is 70.4 Å². The number of aryl methyl sites for hydroxylation is 1. The number of nitrogens with one attached hydrogen (secondary N) is 1. The summed E-state index contributed by atoms with van der Waals surface area (Å²) in [5, 5.41) is 0. The predicted molar refractivity (Wildman–Crippen MR) is 111 cm³/mol. The number of benzene rings is 1. The van der Waals surface area contributed by atoms with Gasteiger partial charge in [0.1, 0.15) is 12.4 Å². The van der Waals surface area contributed by atoms with Crippen LogP contribution in [0.4, 0.5) is 0 Å². The summed E-state index contributed by atoms with van der Waals surface area (Å²) < 4.78 is 11.6. The van der Waals surface area contributed by atoms with Gasteiger partial charge in [0, 0.05) is 36.3 Å². The average molecular weight is 406 g/mol. The molecule has 0 radical (unpaired) electrons. The van der Waals surface area contributed by atoms with Crippen molar-refractivity contribution in [3.8, 4) is 22.9 Å². The average Bonchev–Trinajstić information content (AvgIpc) is 2.76. The number of ether oxygens (including phenoxy) is 2. The van der Waals surface area contributed by atoms with E-state index in [0.29, 0.717) is 47.3 Å². The molecular weight excluding hydrogens is 384 g/mol. The van der Waals surface area contributed by atoms with E-state index in [9.17, 15) is 9.59 Å². The summed E-state index contributed by atoms with van der Waals surface area (Å²) in [6, 6.07) is 11.0. The Labute approximate surface area is 173 Å². The molecule has 0 bridgehead atoms. The number of nitrogens with zero attached hydrogens (tertiary/aromatic N) is 3. The molecule has 3 heterocycles. The number of hydrogen-bond donors (Lipinski definition) is 1. The number of aromatic amines is 1. The van der Waals surface area contributed by atoms with Gasteiger partial charge >= 0.3 is 0 Å². The van der Waals surface area contributed by atoms with Gasteiger partial charge in [-0.15, -0.1) is 0 Å². The molecule has 30 heavy (non-hydrogen) atoms. The first-order chi connectivity index (χ1) is 14.5. The van der Waals surface area contributed by atoms with Crippen molar-refractivity contribution >= 4 is 5.91 Å². The first kappa shape index (κ1) is 19.6. The van der Waals surface area contributed by atoms with Crippen molar-refractivity contribution in [2.75, 3.05) is 20.2 Å². The molecule has 0 spiro atoms. The lowest BCUT2D eigenvalue weighted by atomic mass is 10.1. The maximum Gasteiger partial charge on any atom is 0.255 e. The second-order valence-corrected chi connectivity index (χ2v) is 7.17. The van der Waals surface area contributed by atoms with Crippen LogP contribution >= 0.6 is 0 Å². The Morgan fingerprint density at radius 1 is 1.23 bits per heavy atom. The molecule has 0 aliphatic carbocycles. The molecule has 154 valence electrons. The standard InChI is InChI=1S/C22H22N4O4/c1-14-17(22(28)25-21(24-14)15-6-5-9-23-11-15)10-20(27)26(2)12-16-13-29-18-7-3-4-8-19(18)30-16/h3-9,11,16H,10,12-13H2,1-2H3,(H,24,25,28). The van der Waals surface area contributed by atoms with E-state index < -0.39 is 0 Å². The quantitative estimate of drug-likeness (QED) is 0.696. The van der Waals surface area contributed by atoms with Gasteiger partial charge < -0.3 is 19.4 Å². The first-order valence-electron chi connectivity index (χ1n) is 9.64. The highest BCUT2D eigenvalue weighted by atomic mass is 16.6. The number of para-hydroxylation sites is 2. The molecule has 8 nitrogen and oxygen atoms in total. The zero-order valence-corrected chi connectivity index (χ0v) is 16.8. The van der Waals surface area contributed by atoms with Gasteiger partial charge in [0.2, 0.25) is 5.91 Å². The molecule has 1 unspecified atom stereocenters. The number of pyridine rings is 1. The molecule has 1 aromatic carbocycles. The van der Waals surface area contributed by atoms with Crippen LogP contribution in [0, 0.1) is 6.92 Å². The zero-order chi connectivity index (χ0) is 21.1. The Balaban J connectivity index is 1.43. The number of H-pyrrole nitrogens is 1. The van der Waals surface area contributed by atoms with Gasteiger partial charge in [0.25, 0.3) is 5.56 Å².